The summed E-state index contributed by atoms with van der Waals surface area (Å²) in [5, 5.41) is 24.0. The van der Waals surface area contributed by atoms with Crippen LogP contribution >= 0.6 is 0 Å². The molecular weight excluding hydrogens is 192 g/mol. The van der Waals surface area contributed by atoms with Crippen LogP contribution in [0.2, 0.25) is 0 Å². The Balaban J connectivity index is -0.0000000581. The first-order chi connectivity index (χ1) is 7.05. The molecule has 15 heavy (non-hydrogen) atoms. The molecule has 0 bridgehead atoms. The van der Waals surface area contributed by atoms with Gasteiger partial charge in [-0.1, -0.05) is 18.2 Å². The molecule has 0 aliphatic heterocycles. The monoisotopic (exact) mass is 218 g/mol. The number of hydrogen-bond acceptors (Lipinski definition) is 3. The lowest BCUT2D eigenvalue weighted by Crippen LogP contribution is -2.15. The maximum atomic E-state index is 8.17. The van der Waals surface area contributed by atoms with Gasteiger partial charge in [0.25, 0.3) is 0 Å². The largest absolute Gasteiger partial charge is 0.394 e. The Kier molecular flexibility index (Phi) is 60.2. The van der Waals surface area contributed by atoms with Gasteiger partial charge in [-0.05, 0) is 20.8 Å². The van der Waals surface area contributed by atoms with E-state index in [2.05, 4.69) is 19.7 Å². The predicted octanol–water partition coefficient (Wildman–Crippen LogP) is 1.91. The van der Waals surface area contributed by atoms with Crippen molar-refractivity contribution in [3.63, 3.8) is 0 Å². The maximum Gasteiger partial charge on any atom is 0.100 e. The van der Waals surface area contributed by atoms with Gasteiger partial charge >= 0.3 is 0 Å². The van der Waals surface area contributed by atoms with E-state index in [0.717, 1.165) is 0 Å². The highest BCUT2D eigenvalue weighted by molar-refractivity contribution is 4.52. The normalized spacial score (nSPS) is 6.60. The third kappa shape index (κ3) is 168. The Hall–Kier alpha value is -0.900. The molecule has 0 radical (unpaired) electrons. The topological polar surface area (TPSA) is 60.7 Å². The second-order valence-electron chi connectivity index (χ2n) is 2.24. The van der Waals surface area contributed by atoms with Gasteiger partial charge in [0.05, 0.1) is 13.2 Å². The summed E-state index contributed by atoms with van der Waals surface area (Å²) in [7, 11) is 0. The second kappa shape index (κ2) is 38.0. The Morgan fingerprint density at radius 1 is 0.867 bits per heavy atom. The van der Waals surface area contributed by atoms with Crippen molar-refractivity contribution in [3.8, 4) is 0 Å². The Morgan fingerprint density at radius 3 is 1.00 bits per heavy atom. The van der Waals surface area contributed by atoms with Gasteiger partial charge in [0, 0.05) is 0 Å². The van der Waals surface area contributed by atoms with Crippen molar-refractivity contribution in [3.05, 3.63) is 38.0 Å². The zero-order valence-electron chi connectivity index (χ0n) is 10.2. The van der Waals surface area contributed by atoms with E-state index in [9.17, 15) is 0 Å². The van der Waals surface area contributed by atoms with Gasteiger partial charge in [-0.15, -0.1) is 19.7 Å². The Labute approximate surface area is 94.1 Å². The second-order valence-corrected chi connectivity index (χ2v) is 2.24. The molecule has 0 spiro atoms. The van der Waals surface area contributed by atoms with Crippen LogP contribution in [-0.2, 0) is 0 Å². The summed E-state index contributed by atoms with van der Waals surface area (Å²) >= 11 is 0. The number of hydrogen-bond donors (Lipinski definition) is 3. The lowest BCUT2D eigenvalue weighted by molar-refractivity contribution is 0.0450. The van der Waals surface area contributed by atoms with Crippen LogP contribution < -0.4 is 0 Å². The highest BCUT2D eigenvalue weighted by Crippen LogP contribution is 1.71. The lowest BCUT2D eigenvalue weighted by Gasteiger charge is -1.96. The van der Waals surface area contributed by atoms with Crippen LogP contribution in [0.5, 0.6) is 0 Å². The van der Waals surface area contributed by atoms with Crippen LogP contribution in [0.25, 0.3) is 0 Å². The maximum absolute atomic E-state index is 8.17. The van der Waals surface area contributed by atoms with E-state index < -0.39 is 6.10 Å². The minimum atomic E-state index is -0.954. The van der Waals surface area contributed by atoms with Crippen molar-refractivity contribution >= 4 is 0 Å². The molecule has 0 saturated heterocycles. The number of aliphatic hydroxyl groups is 3. The lowest BCUT2D eigenvalue weighted by atomic mass is 10.4. The van der Waals surface area contributed by atoms with Gasteiger partial charge in [0.15, 0.2) is 0 Å². The van der Waals surface area contributed by atoms with Crippen molar-refractivity contribution in [1.29, 1.82) is 0 Å². The number of allylic oxidation sites excluding steroid dienone is 3. The first kappa shape index (κ1) is 23.7. The van der Waals surface area contributed by atoms with Gasteiger partial charge < -0.3 is 15.3 Å². The molecule has 3 nitrogen and oxygen atoms in total. The first-order valence-electron chi connectivity index (χ1n) is 4.66. The molecule has 0 aliphatic rings. The zero-order valence-corrected chi connectivity index (χ0v) is 10.2. The van der Waals surface area contributed by atoms with Crippen molar-refractivity contribution in [2.75, 3.05) is 13.2 Å². The minimum Gasteiger partial charge on any atom is -0.394 e. The minimum absolute atomic E-state index is 0.365. The highest BCUT2D eigenvalue weighted by Gasteiger charge is 1.93. The molecule has 92 valence electrons. The van der Waals surface area contributed by atoms with Gasteiger partial charge in [-0.25, -0.2) is 0 Å². The summed E-state index contributed by atoms with van der Waals surface area (Å²) in [5.41, 5.74) is 0. The van der Waals surface area contributed by atoms with E-state index in [1.54, 1.807) is 18.2 Å². The zero-order chi connectivity index (χ0) is 13.1. The summed E-state index contributed by atoms with van der Waals surface area (Å²) in [6.07, 6.45) is 4.30. The van der Waals surface area contributed by atoms with Crippen LogP contribution in [0.4, 0.5) is 0 Å². The van der Waals surface area contributed by atoms with E-state index in [-0.39, 0.29) is 13.2 Å². The fraction of sp³-hybridized carbons (Fsp3) is 0.500. The van der Waals surface area contributed by atoms with Crippen LogP contribution in [0, 0.1) is 0 Å². The first-order valence-corrected chi connectivity index (χ1v) is 4.66. The third-order valence-electron chi connectivity index (χ3n) is 0.421. The summed E-state index contributed by atoms with van der Waals surface area (Å²) in [6.45, 7) is 15.0. The average Bonchev–Trinajstić information content (AvgIpc) is 2.20. The molecule has 0 unspecified atom stereocenters. The summed E-state index contributed by atoms with van der Waals surface area (Å²) in [4.78, 5) is 0. The summed E-state index contributed by atoms with van der Waals surface area (Å²) in [6, 6.07) is 0. The molecule has 0 atom stereocenters. The molecule has 0 fully saturated rings. The smallest absolute Gasteiger partial charge is 0.100 e. The van der Waals surface area contributed by atoms with Crippen LogP contribution in [0.3, 0.4) is 0 Å². The van der Waals surface area contributed by atoms with E-state index in [0.29, 0.717) is 0 Å². The molecule has 0 rings (SSSR count). The number of rotatable bonds is 2. The molecule has 0 saturated carbocycles. The van der Waals surface area contributed by atoms with E-state index in [1.807, 2.05) is 20.8 Å². The van der Waals surface area contributed by atoms with E-state index in [1.165, 1.54) is 0 Å². The predicted molar refractivity (Wildman–Crippen MR) is 67.8 cm³/mol. The molecule has 0 heterocycles. The van der Waals surface area contributed by atoms with Crippen molar-refractivity contribution < 1.29 is 15.3 Å². The van der Waals surface area contributed by atoms with Gasteiger partial charge in [0.1, 0.15) is 6.10 Å². The van der Waals surface area contributed by atoms with Crippen molar-refractivity contribution in [1.82, 2.24) is 0 Å². The molecule has 3 heteroatoms. The van der Waals surface area contributed by atoms with Crippen LogP contribution in [-0.4, -0.2) is 34.6 Å². The molecule has 3 N–H and O–H groups in total. The van der Waals surface area contributed by atoms with Gasteiger partial charge in [-0.2, -0.15) is 0 Å². The standard InChI is InChI=1S/C3H8O3.3C3H6/c4-1-3(6)2-5;3*1-3-2/h3-6H,1-2H2;3*3H,1H2,2H3. The molecule has 0 aromatic rings. The molecule has 0 amide bonds. The SMILES string of the molecule is C=CC.C=CC.C=CC.OCC(O)CO. The highest BCUT2D eigenvalue weighted by atomic mass is 16.3. The molecular formula is C12H26O3. The Bertz CT molecular complexity index is 93.2. The average molecular weight is 218 g/mol. The van der Waals surface area contributed by atoms with Crippen LogP contribution in [0.15, 0.2) is 38.0 Å². The van der Waals surface area contributed by atoms with Crippen molar-refractivity contribution in [2.45, 2.75) is 26.9 Å². The number of aliphatic hydroxyl groups excluding tert-OH is 3. The van der Waals surface area contributed by atoms with E-state index in [4.69, 9.17) is 15.3 Å². The molecule has 0 aromatic carbocycles. The van der Waals surface area contributed by atoms with E-state index >= 15 is 0 Å². The fourth-order valence-corrected chi connectivity index (χ4v) is 0.0577. The van der Waals surface area contributed by atoms with Crippen LogP contribution in [0.1, 0.15) is 20.8 Å². The fourth-order valence-electron chi connectivity index (χ4n) is 0.0577. The van der Waals surface area contributed by atoms with Crippen molar-refractivity contribution in [2.24, 2.45) is 0 Å². The third-order valence-corrected chi connectivity index (χ3v) is 0.421. The van der Waals surface area contributed by atoms with Gasteiger partial charge in [0.2, 0.25) is 0 Å². The molecule has 0 aliphatic carbocycles. The summed E-state index contributed by atoms with van der Waals surface area (Å²) < 4.78 is 0. The summed E-state index contributed by atoms with van der Waals surface area (Å²) in [5.74, 6) is 0. The molecule has 0 aromatic heterocycles. The van der Waals surface area contributed by atoms with Gasteiger partial charge in [-0.3, -0.25) is 0 Å². The Morgan fingerprint density at radius 2 is 1.00 bits per heavy atom. The quantitative estimate of drug-likeness (QED) is 0.620.